The van der Waals surface area contributed by atoms with Gasteiger partial charge in [-0.05, 0) is 51.2 Å². The Morgan fingerprint density at radius 3 is 2.61 bits per heavy atom. The van der Waals surface area contributed by atoms with E-state index in [1.165, 1.54) is 19.3 Å². The van der Waals surface area contributed by atoms with Gasteiger partial charge in [-0.2, -0.15) is 0 Å². The highest BCUT2D eigenvalue weighted by Gasteiger charge is 2.30. The minimum Gasteiger partial charge on any atom is -0.367 e. The fourth-order valence-corrected chi connectivity index (χ4v) is 3.98. The number of piperidine rings is 1. The van der Waals surface area contributed by atoms with Crippen LogP contribution in [0.2, 0.25) is 0 Å². The Labute approximate surface area is 142 Å². The molecule has 1 N–H and O–H groups in total. The van der Waals surface area contributed by atoms with E-state index in [2.05, 4.69) is 20.2 Å². The number of nitrogens with zero attached hydrogens (tertiary/aromatic N) is 3. The van der Waals surface area contributed by atoms with Gasteiger partial charge in [0.15, 0.2) is 0 Å². The zero-order valence-corrected chi connectivity index (χ0v) is 14.6. The maximum absolute atomic E-state index is 12.6. The molecule has 0 spiro atoms. The molecule has 3 rings (SSSR count). The predicted molar refractivity (Wildman–Crippen MR) is 93.6 cm³/mol. The molecule has 1 aliphatic heterocycles. The van der Waals surface area contributed by atoms with Crippen LogP contribution in [-0.2, 0) is 4.79 Å². The normalized spacial score (nSPS) is 25.2. The predicted octanol–water partition coefficient (Wildman–Crippen LogP) is 3.18. The van der Waals surface area contributed by atoms with Gasteiger partial charge in [-0.15, -0.1) is 11.8 Å². The molecule has 1 saturated heterocycles. The number of aromatic nitrogens is 2. The fourth-order valence-electron chi connectivity index (χ4n) is 3.60. The molecule has 23 heavy (non-hydrogen) atoms. The van der Waals surface area contributed by atoms with Crippen molar-refractivity contribution < 1.29 is 4.79 Å². The van der Waals surface area contributed by atoms with E-state index in [0.717, 1.165) is 49.6 Å². The highest BCUT2D eigenvalue weighted by atomic mass is 32.2. The Morgan fingerprint density at radius 1 is 1.17 bits per heavy atom. The van der Waals surface area contributed by atoms with Gasteiger partial charge in [0.1, 0.15) is 17.2 Å². The SMILES string of the molecule is CSc1cc(NC2CCC(C(=O)N3CCCCC3)CC2)ncn1. The zero-order chi connectivity index (χ0) is 16.1. The third-order valence-electron chi connectivity index (χ3n) is 4.95. The molecule has 0 atom stereocenters. The van der Waals surface area contributed by atoms with Crippen molar-refractivity contribution in [3.05, 3.63) is 12.4 Å². The summed E-state index contributed by atoms with van der Waals surface area (Å²) in [6.07, 6.45) is 11.3. The molecule has 1 saturated carbocycles. The quantitative estimate of drug-likeness (QED) is 0.677. The second-order valence-electron chi connectivity index (χ2n) is 6.52. The summed E-state index contributed by atoms with van der Waals surface area (Å²) >= 11 is 1.62. The summed E-state index contributed by atoms with van der Waals surface area (Å²) in [5, 5.41) is 4.49. The number of thioether (sulfide) groups is 1. The van der Waals surface area contributed by atoms with Crippen molar-refractivity contribution in [2.24, 2.45) is 5.92 Å². The standard InChI is InChI=1S/C17H26N4OS/c1-23-16-11-15(18-12-19-16)20-14-7-5-13(6-8-14)17(22)21-9-3-2-4-10-21/h11-14H,2-10H2,1H3,(H,18,19,20). The molecule has 2 aliphatic rings. The van der Waals surface area contributed by atoms with Crippen LogP contribution in [0.4, 0.5) is 5.82 Å². The average Bonchev–Trinajstić information content (AvgIpc) is 2.63. The molecule has 0 bridgehead atoms. The summed E-state index contributed by atoms with van der Waals surface area (Å²) in [6, 6.07) is 2.42. The van der Waals surface area contributed by atoms with E-state index in [0.29, 0.717) is 11.9 Å². The van der Waals surface area contributed by atoms with Crippen molar-refractivity contribution >= 4 is 23.5 Å². The van der Waals surface area contributed by atoms with Gasteiger partial charge < -0.3 is 10.2 Å². The second-order valence-corrected chi connectivity index (χ2v) is 7.35. The summed E-state index contributed by atoms with van der Waals surface area (Å²) in [6.45, 7) is 1.94. The van der Waals surface area contributed by atoms with Gasteiger partial charge in [0.2, 0.25) is 5.91 Å². The number of amides is 1. The van der Waals surface area contributed by atoms with Gasteiger partial charge in [-0.3, -0.25) is 4.79 Å². The molecular weight excluding hydrogens is 308 g/mol. The van der Waals surface area contributed by atoms with Crippen LogP contribution in [0.15, 0.2) is 17.4 Å². The number of likely N-dealkylation sites (tertiary alicyclic amines) is 1. The Hall–Kier alpha value is -1.30. The van der Waals surface area contributed by atoms with Crippen LogP contribution in [0.1, 0.15) is 44.9 Å². The van der Waals surface area contributed by atoms with E-state index < -0.39 is 0 Å². The molecule has 1 aliphatic carbocycles. The Kier molecular flexibility index (Phi) is 5.75. The van der Waals surface area contributed by atoms with Crippen LogP contribution in [0.5, 0.6) is 0 Å². The topological polar surface area (TPSA) is 58.1 Å². The smallest absolute Gasteiger partial charge is 0.225 e. The molecule has 0 radical (unpaired) electrons. The number of rotatable bonds is 4. The van der Waals surface area contributed by atoms with E-state index >= 15 is 0 Å². The molecule has 5 nitrogen and oxygen atoms in total. The molecule has 126 valence electrons. The van der Waals surface area contributed by atoms with Crippen LogP contribution in [-0.4, -0.2) is 46.2 Å². The monoisotopic (exact) mass is 334 g/mol. The molecule has 2 heterocycles. The summed E-state index contributed by atoms with van der Waals surface area (Å²) in [4.78, 5) is 23.2. The molecule has 6 heteroatoms. The molecule has 1 aromatic heterocycles. The number of hydrogen-bond acceptors (Lipinski definition) is 5. The average molecular weight is 334 g/mol. The Balaban J connectivity index is 1.48. The largest absolute Gasteiger partial charge is 0.367 e. The third-order valence-corrected chi connectivity index (χ3v) is 5.59. The van der Waals surface area contributed by atoms with Crippen LogP contribution in [0.3, 0.4) is 0 Å². The Morgan fingerprint density at radius 2 is 1.91 bits per heavy atom. The lowest BCUT2D eigenvalue weighted by Crippen LogP contribution is -2.41. The second kappa shape index (κ2) is 7.99. The van der Waals surface area contributed by atoms with E-state index in [9.17, 15) is 4.79 Å². The van der Waals surface area contributed by atoms with E-state index in [4.69, 9.17) is 0 Å². The lowest BCUT2D eigenvalue weighted by molar-refractivity contribution is -0.137. The summed E-state index contributed by atoms with van der Waals surface area (Å²) in [5.41, 5.74) is 0. The Bertz CT molecular complexity index is 525. The van der Waals surface area contributed by atoms with Crippen molar-refractivity contribution in [1.29, 1.82) is 0 Å². The van der Waals surface area contributed by atoms with Crippen molar-refractivity contribution in [1.82, 2.24) is 14.9 Å². The fraction of sp³-hybridized carbons (Fsp3) is 0.706. The number of carbonyl (C=O) groups is 1. The highest BCUT2D eigenvalue weighted by Crippen LogP contribution is 2.29. The van der Waals surface area contributed by atoms with E-state index in [-0.39, 0.29) is 5.92 Å². The van der Waals surface area contributed by atoms with Crippen molar-refractivity contribution in [3.63, 3.8) is 0 Å². The maximum atomic E-state index is 12.6. The first-order valence-electron chi connectivity index (χ1n) is 8.67. The number of nitrogens with one attached hydrogen (secondary N) is 1. The first kappa shape index (κ1) is 16.6. The molecule has 0 unspecified atom stereocenters. The minimum absolute atomic E-state index is 0.235. The molecule has 0 aromatic carbocycles. The zero-order valence-electron chi connectivity index (χ0n) is 13.8. The molecular formula is C17H26N4OS. The van der Waals surface area contributed by atoms with E-state index in [1.807, 2.05) is 12.3 Å². The summed E-state index contributed by atoms with van der Waals surface area (Å²) in [5.74, 6) is 1.53. The summed E-state index contributed by atoms with van der Waals surface area (Å²) < 4.78 is 0. The van der Waals surface area contributed by atoms with Crippen molar-refractivity contribution in [2.45, 2.75) is 56.0 Å². The summed E-state index contributed by atoms with van der Waals surface area (Å²) in [7, 11) is 0. The van der Waals surface area contributed by atoms with Gasteiger partial charge in [0, 0.05) is 31.1 Å². The van der Waals surface area contributed by atoms with Crippen molar-refractivity contribution in [3.8, 4) is 0 Å². The highest BCUT2D eigenvalue weighted by molar-refractivity contribution is 7.98. The first-order valence-corrected chi connectivity index (χ1v) is 9.90. The minimum atomic E-state index is 0.235. The molecule has 1 aromatic rings. The molecule has 2 fully saturated rings. The molecule has 1 amide bonds. The number of anilines is 1. The number of hydrogen-bond donors (Lipinski definition) is 1. The van der Waals surface area contributed by atoms with Gasteiger partial charge in [-0.25, -0.2) is 9.97 Å². The third kappa shape index (κ3) is 4.37. The maximum Gasteiger partial charge on any atom is 0.225 e. The van der Waals surface area contributed by atoms with Gasteiger partial charge in [0.05, 0.1) is 0 Å². The lowest BCUT2D eigenvalue weighted by Gasteiger charge is -2.34. The van der Waals surface area contributed by atoms with Crippen LogP contribution in [0.25, 0.3) is 0 Å². The van der Waals surface area contributed by atoms with Crippen LogP contribution < -0.4 is 5.32 Å². The number of carbonyl (C=O) groups excluding carboxylic acids is 1. The van der Waals surface area contributed by atoms with Crippen molar-refractivity contribution in [2.75, 3.05) is 24.7 Å². The van der Waals surface area contributed by atoms with Crippen LogP contribution >= 0.6 is 11.8 Å². The van der Waals surface area contributed by atoms with E-state index in [1.54, 1.807) is 18.1 Å². The van der Waals surface area contributed by atoms with Crippen LogP contribution in [0, 0.1) is 5.92 Å². The first-order chi connectivity index (χ1) is 11.3. The van der Waals surface area contributed by atoms with Gasteiger partial charge >= 0.3 is 0 Å². The van der Waals surface area contributed by atoms with Gasteiger partial charge in [0.25, 0.3) is 0 Å². The lowest BCUT2D eigenvalue weighted by atomic mass is 9.85. The van der Waals surface area contributed by atoms with Gasteiger partial charge in [-0.1, -0.05) is 0 Å².